The third-order valence-electron chi connectivity index (χ3n) is 4.20. The molecule has 2 aromatic rings. The molecule has 0 aliphatic heterocycles. The van der Waals surface area contributed by atoms with Gasteiger partial charge in [-0.1, -0.05) is 36.4 Å². The maximum atomic E-state index is 12.4. The largest absolute Gasteiger partial charge is 0.489 e. The minimum atomic E-state index is -0.0607. The van der Waals surface area contributed by atoms with Gasteiger partial charge in [-0.25, -0.2) is 0 Å². The summed E-state index contributed by atoms with van der Waals surface area (Å²) >= 11 is 0. The number of para-hydroxylation sites is 1. The van der Waals surface area contributed by atoms with E-state index in [1.165, 1.54) is 12.8 Å². The first-order valence-corrected chi connectivity index (χ1v) is 8.94. The van der Waals surface area contributed by atoms with Gasteiger partial charge in [-0.3, -0.25) is 4.79 Å². The van der Waals surface area contributed by atoms with E-state index in [9.17, 15) is 4.79 Å². The summed E-state index contributed by atoms with van der Waals surface area (Å²) in [5.74, 6) is 1.52. The van der Waals surface area contributed by atoms with Crippen molar-refractivity contribution < 1.29 is 14.3 Å². The minimum absolute atomic E-state index is 0.0607. The van der Waals surface area contributed by atoms with Gasteiger partial charge in [0, 0.05) is 30.9 Å². The molecule has 132 valence electrons. The first-order valence-electron chi connectivity index (χ1n) is 8.94. The van der Waals surface area contributed by atoms with Crippen LogP contribution in [0.2, 0.25) is 0 Å². The van der Waals surface area contributed by atoms with E-state index >= 15 is 0 Å². The summed E-state index contributed by atoms with van der Waals surface area (Å²) in [6.07, 6.45) is 3.44. The Morgan fingerprint density at radius 2 is 1.80 bits per heavy atom. The van der Waals surface area contributed by atoms with E-state index in [1.807, 2.05) is 54.6 Å². The van der Waals surface area contributed by atoms with Crippen molar-refractivity contribution in [3.8, 4) is 5.75 Å². The fourth-order valence-corrected chi connectivity index (χ4v) is 2.55. The number of hydrogen-bond donors (Lipinski definition) is 1. The summed E-state index contributed by atoms with van der Waals surface area (Å²) in [5, 5.41) is 2.97. The van der Waals surface area contributed by atoms with E-state index in [4.69, 9.17) is 9.47 Å². The molecule has 0 aromatic heterocycles. The fourth-order valence-electron chi connectivity index (χ4n) is 2.55. The summed E-state index contributed by atoms with van der Waals surface area (Å²) in [4.78, 5) is 12.4. The zero-order chi connectivity index (χ0) is 17.3. The monoisotopic (exact) mass is 339 g/mol. The number of amides is 1. The van der Waals surface area contributed by atoms with Gasteiger partial charge in [0.15, 0.2) is 0 Å². The smallest absolute Gasteiger partial charge is 0.251 e. The summed E-state index contributed by atoms with van der Waals surface area (Å²) in [6.45, 7) is 2.57. The van der Waals surface area contributed by atoms with Crippen LogP contribution in [0.4, 0.5) is 0 Å². The lowest BCUT2D eigenvalue weighted by Gasteiger charge is -2.11. The van der Waals surface area contributed by atoms with Crippen LogP contribution in [-0.2, 0) is 11.3 Å². The Bertz CT molecular complexity index is 668. The Morgan fingerprint density at radius 1 is 1.04 bits per heavy atom. The maximum absolute atomic E-state index is 12.4. The van der Waals surface area contributed by atoms with Crippen LogP contribution in [0.5, 0.6) is 5.75 Å². The molecule has 0 atom stereocenters. The van der Waals surface area contributed by atoms with Crippen LogP contribution in [-0.4, -0.2) is 25.7 Å². The predicted octanol–water partition coefficient (Wildman–Crippen LogP) is 3.81. The molecule has 0 heterocycles. The summed E-state index contributed by atoms with van der Waals surface area (Å²) < 4.78 is 11.4. The highest BCUT2D eigenvalue weighted by atomic mass is 16.5. The van der Waals surface area contributed by atoms with E-state index < -0.39 is 0 Å². The van der Waals surface area contributed by atoms with Crippen molar-refractivity contribution in [3.05, 3.63) is 65.7 Å². The molecular weight excluding hydrogens is 314 g/mol. The molecule has 0 radical (unpaired) electrons. The Kier molecular flexibility index (Phi) is 6.46. The molecule has 2 aromatic carbocycles. The molecule has 4 nitrogen and oxygen atoms in total. The summed E-state index contributed by atoms with van der Waals surface area (Å²) in [7, 11) is 0. The summed E-state index contributed by atoms with van der Waals surface area (Å²) in [5.41, 5.74) is 1.55. The number of carbonyl (C=O) groups is 1. The normalized spacial score (nSPS) is 13.4. The molecule has 1 fully saturated rings. The molecule has 0 saturated heterocycles. The van der Waals surface area contributed by atoms with Gasteiger partial charge in [0.1, 0.15) is 12.4 Å². The molecule has 4 heteroatoms. The average Bonchev–Trinajstić information content (AvgIpc) is 3.48. The molecule has 1 amide bonds. The Hall–Kier alpha value is -2.33. The fraction of sp³-hybridized carbons (Fsp3) is 0.381. The average molecular weight is 339 g/mol. The van der Waals surface area contributed by atoms with Crippen molar-refractivity contribution in [2.45, 2.75) is 25.9 Å². The lowest BCUT2D eigenvalue weighted by molar-refractivity contribution is 0.0935. The van der Waals surface area contributed by atoms with E-state index in [0.717, 1.165) is 30.3 Å². The molecule has 1 N–H and O–H groups in total. The van der Waals surface area contributed by atoms with Crippen molar-refractivity contribution >= 4 is 5.91 Å². The van der Waals surface area contributed by atoms with Crippen LogP contribution in [0.3, 0.4) is 0 Å². The second-order valence-electron chi connectivity index (χ2n) is 6.39. The minimum Gasteiger partial charge on any atom is -0.489 e. The van der Waals surface area contributed by atoms with Gasteiger partial charge in [0.25, 0.3) is 5.91 Å². The van der Waals surface area contributed by atoms with Crippen LogP contribution in [0, 0.1) is 5.92 Å². The Balaban J connectivity index is 1.44. The van der Waals surface area contributed by atoms with Gasteiger partial charge in [-0.2, -0.15) is 0 Å². The first-order chi connectivity index (χ1) is 12.3. The lowest BCUT2D eigenvalue weighted by atomic mass is 10.1. The van der Waals surface area contributed by atoms with Crippen LogP contribution in [0.15, 0.2) is 54.6 Å². The van der Waals surface area contributed by atoms with E-state index in [0.29, 0.717) is 25.3 Å². The van der Waals surface area contributed by atoms with Crippen molar-refractivity contribution in [1.29, 1.82) is 0 Å². The molecule has 3 rings (SSSR count). The van der Waals surface area contributed by atoms with Crippen LogP contribution < -0.4 is 10.1 Å². The number of ether oxygens (including phenoxy) is 2. The van der Waals surface area contributed by atoms with Gasteiger partial charge in [0.05, 0.1) is 0 Å². The van der Waals surface area contributed by atoms with Crippen molar-refractivity contribution in [1.82, 2.24) is 5.32 Å². The van der Waals surface area contributed by atoms with E-state index in [-0.39, 0.29) is 5.91 Å². The van der Waals surface area contributed by atoms with E-state index in [2.05, 4.69) is 5.32 Å². The van der Waals surface area contributed by atoms with Gasteiger partial charge >= 0.3 is 0 Å². The van der Waals surface area contributed by atoms with Crippen molar-refractivity contribution in [2.75, 3.05) is 19.8 Å². The first kappa shape index (κ1) is 17.5. The number of hydrogen-bond acceptors (Lipinski definition) is 3. The second kappa shape index (κ2) is 9.23. The highest BCUT2D eigenvalue weighted by molar-refractivity contribution is 5.95. The van der Waals surface area contributed by atoms with Crippen LogP contribution >= 0.6 is 0 Å². The number of rotatable bonds is 10. The number of nitrogens with one attached hydrogen (secondary N) is 1. The van der Waals surface area contributed by atoms with Gasteiger partial charge in [-0.15, -0.1) is 0 Å². The highest BCUT2D eigenvalue weighted by Crippen LogP contribution is 2.28. The van der Waals surface area contributed by atoms with Crippen LogP contribution in [0.1, 0.15) is 35.2 Å². The van der Waals surface area contributed by atoms with Crippen LogP contribution in [0.25, 0.3) is 0 Å². The lowest BCUT2D eigenvalue weighted by Crippen LogP contribution is -2.26. The molecule has 0 bridgehead atoms. The van der Waals surface area contributed by atoms with E-state index in [1.54, 1.807) is 0 Å². The third-order valence-corrected chi connectivity index (χ3v) is 4.20. The predicted molar refractivity (Wildman–Crippen MR) is 97.7 cm³/mol. The van der Waals surface area contributed by atoms with Gasteiger partial charge in [-0.05, 0) is 43.4 Å². The quantitative estimate of drug-likeness (QED) is 0.670. The number of benzene rings is 2. The van der Waals surface area contributed by atoms with Gasteiger partial charge in [0.2, 0.25) is 0 Å². The molecular formula is C21H25NO3. The SMILES string of the molecule is O=C(NCCCOCC1CC1)c1ccccc1COc1ccccc1. The second-order valence-corrected chi connectivity index (χ2v) is 6.39. The molecule has 1 aliphatic carbocycles. The standard InChI is InChI=1S/C21H25NO3/c23-21(22-13-6-14-24-15-17-11-12-17)20-10-5-4-7-18(20)16-25-19-8-2-1-3-9-19/h1-5,7-10,17H,6,11-16H2,(H,22,23). The highest BCUT2D eigenvalue weighted by Gasteiger charge is 2.20. The molecule has 25 heavy (non-hydrogen) atoms. The van der Waals surface area contributed by atoms with Gasteiger partial charge < -0.3 is 14.8 Å². The molecule has 1 aliphatic rings. The van der Waals surface area contributed by atoms with Crippen molar-refractivity contribution in [2.24, 2.45) is 5.92 Å². The van der Waals surface area contributed by atoms with Crippen molar-refractivity contribution in [3.63, 3.8) is 0 Å². The Morgan fingerprint density at radius 3 is 2.60 bits per heavy atom. The zero-order valence-corrected chi connectivity index (χ0v) is 14.4. The third kappa shape index (κ3) is 5.91. The topological polar surface area (TPSA) is 47.6 Å². The zero-order valence-electron chi connectivity index (χ0n) is 14.4. The number of carbonyl (C=O) groups excluding carboxylic acids is 1. The molecule has 0 spiro atoms. The maximum Gasteiger partial charge on any atom is 0.251 e. The summed E-state index contributed by atoms with van der Waals surface area (Å²) in [6, 6.07) is 17.2. The molecule has 1 saturated carbocycles. The Labute approximate surface area is 149 Å². The molecule has 0 unspecified atom stereocenters.